The third-order valence-corrected chi connectivity index (χ3v) is 5.95. The molecule has 4 unspecified atom stereocenters. The van der Waals surface area contributed by atoms with E-state index in [2.05, 4.69) is 15.3 Å². The molecular weight excluding hydrogens is 420 g/mol. The number of rotatable bonds is 8. The zero-order valence-electron chi connectivity index (χ0n) is 18.2. The molecule has 0 bridgehead atoms. The first-order valence-electron chi connectivity index (χ1n) is 11.0. The van der Waals surface area contributed by atoms with Gasteiger partial charge in [-0.3, -0.25) is 0 Å². The Morgan fingerprint density at radius 1 is 0.939 bits per heavy atom. The first kappa shape index (κ1) is 21.6. The van der Waals surface area contributed by atoms with Gasteiger partial charge in [-0.1, -0.05) is 60.7 Å². The maximum atomic E-state index is 6.44. The van der Waals surface area contributed by atoms with Gasteiger partial charge in [0.1, 0.15) is 30.3 Å². The van der Waals surface area contributed by atoms with Crippen molar-refractivity contribution in [3.8, 4) is 0 Å². The summed E-state index contributed by atoms with van der Waals surface area (Å²) in [6, 6.07) is 20.1. The van der Waals surface area contributed by atoms with E-state index < -0.39 is 12.3 Å². The summed E-state index contributed by atoms with van der Waals surface area (Å²) in [6.45, 7) is 1.64. The molecule has 3 aromatic rings. The number of ether oxygens (including phenoxy) is 3. The van der Waals surface area contributed by atoms with Crippen LogP contribution in [0.1, 0.15) is 11.1 Å². The fraction of sp³-hybridized carbons (Fsp3) is 0.333. The lowest BCUT2D eigenvalue weighted by Crippen LogP contribution is -2.46. The van der Waals surface area contributed by atoms with Crippen LogP contribution in [0.2, 0.25) is 0 Å². The van der Waals surface area contributed by atoms with E-state index in [0.29, 0.717) is 43.8 Å². The van der Waals surface area contributed by atoms with Crippen LogP contribution in [0, 0.1) is 0 Å². The third-order valence-electron chi connectivity index (χ3n) is 5.95. The van der Waals surface area contributed by atoms with Gasteiger partial charge >= 0.3 is 0 Å². The van der Waals surface area contributed by atoms with Gasteiger partial charge in [0.2, 0.25) is 0 Å². The first-order valence-corrected chi connectivity index (χ1v) is 11.0. The topological polar surface area (TPSA) is 121 Å². The minimum absolute atomic E-state index is 0.307. The van der Waals surface area contributed by atoms with E-state index in [4.69, 9.17) is 25.7 Å². The van der Waals surface area contributed by atoms with Gasteiger partial charge in [-0.05, 0) is 11.1 Å². The Kier molecular flexibility index (Phi) is 6.36. The average Bonchev–Trinajstić information content (AvgIpc) is 3.44. The highest BCUT2D eigenvalue weighted by molar-refractivity contribution is 5.80. The minimum atomic E-state index is -0.453. The zero-order chi connectivity index (χ0) is 22.6. The summed E-state index contributed by atoms with van der Waals surface area (Å²) < 4.78 is 19.2. The van der Waals surface area contributed by atoms with Gasteiger partial charge in [-0.15, -0.1) is 0 Å². The van der Waals surface area contributed by atoms with Crippen molar-refractivity contribution < 1.29 is 14.2 Å². The van der Waals surface area contributed by atoms with Crippen LogP contribution >= 0.6 is 0 Å². The number of nitrogen functional groups attached to an aromatic ring is 1. The number of benzene rings is 2. The Morgan fingerprint density at radius 2 is 1.58 bits per heavy atom. The highest BCUT2D eigenvalue weighted by Gasteiger charge is 2.50. The van der Waals surface area contributed by atoms with E-state index >= 15 is 0 Å². The molecule has 1 aromatic heterocycles. The van der Waals surface area contributed by atoms with Crippen molar-refractivity contribution in [1.29, 1.82) is 0 Å². The van der Waals surface area contributed by atoms with Crippen LogP contribution in [-0.2, 0) is 27.4 Å². The van der Waals surface area contributed by atoms with Crippen LogP contribution in [0.4, 0.5) is 17.3 Å². The van der Waals surface area contributed by atoms with Crippen LogP contribution < -0.4 is 21.7 Å². The number of aromatic nitrogens is 2. The number of nitrogens with two attached hydrogens (primary N) is 2. The summed E-state index contributed by atoms with van der Waals surface area (Å²) in [5.74, 6) is 1.08. The van der Waals surface area contributed by atoms with Crippen molar-refractivity contribution in [3.05, 3.63) is 78.1 Å². The molecule has 2 aliphatic heterocycles. The lowest BCUT2D eigenvalue weighted by molar-refractivity contribution is -0.0780. The molecule has 0 radical (unpaired) electrons. The largest absolute Gasteiger partial charge is 0.382 e. The highest BCUT2D eigenvalue weighted by Crippen LogP contribution is 2.39. The zero-order valence-corrected chi connectivity index (χ0v) is 18.2. The van der Waals surface area contributed by atoms with Crippen molar-refractivity contribution in [2.45, 2.75) is 37.8 Å². The molecule has 3 heterocycles. The van der Waals surface area contributed by atoms with Crippen LogP contribution in [-0.4, -0.2) is 47.7 Å². The van der Waals surface area contributed by atoms with Crippen molar-refractivity contribution in [2.24, 2.45) is 5.73 Å². The minimum Gasteiger partial charge on any atom is -0.382 e. The van der Waals surface area contributed by atoms with E-state index in [-0.39, 0.29) is 12.2 Å². The van der Waals surface area contributed by atoms with Gasteiger partial charge in [-0.25, -0.2) is 9.97 Å². The molecule has 9 nitrogen and oxygen atoms in total. The number of hydrogen-bond donors (Lipinski definition) is 3. The Labute approximate surface area is 192 Å². The smallest absolute Gasteiger partial charge is 0.162 e. The number of hydrogen-bond acceptors (Lipinski definition) is 9. The fourth-order valence-electron chi connectivity index (χ4n) is 4.29. The van der Waals surface area contributed by atoms with Crippen LogP contribution in [0.5, 0.6) is 0 Å². The van der Waals surface area contributed by atoms with Gasteiger partial charge < -0.3 is 35.9 Å². The second-order valence-electron chi connectivity index (χ2n) is 8.09. The maximum Gasteiger partial charge on any atom is 0.162 e. The summed E-state index contributed by atoms with van der Waals surface area (Å²) in [6.07, 6.45) is -0.0837. The van der Waals surface area contributed by atoms with E-state index in [0.717, 1.165) is 11.1 Å². The number of nitrogens with one attached hydrogen (secondary N) is 1. The average molecular weight is 449 g/mol. The van der Waals surface area contributed by atoms with Crippen LogP contribution in [0.15, 0.2) is 67.0 Å². The summed E-state index contributed by atoms with van der Waals surface area (Å²) in [7, 11) is 0. The van der Waals surface area contributed by atoms with E-state index in [9.17, 15) is 0 Å². The normalized spacial score (nSPS) is 24.0. The summed E-state index contributed by atoms with van der Waals surface area (Å²) in [4.78, 5) is 10.5. The molecule has 9 heteroatoms. The molecule has 33 heavy (non-hydrogen) atoms. The first-order chi connectivity index (χ1) is 16.2. The van der Waals surface area contributed by atoms with Crippen molar-refractivity contribution >= 4 is 17.3 Å². The standard InChI is InChI=1S/C24H28N6O3/c25-11-18-20(31-12-16-7-3-1-4-8-16)21(32-13-17-9-5-2-6-10-17)24(33-18)30-15-29-19-22(26)27-14-28-23(19)30/h1-10,14,18,20-21,24,29H,11-13,15,25H2,(H2,26,27,28). The molecule has 2 aromatic carbocycles. The second kappa shape index (κ2) is 9.72. The van der Waals surface area contributed by atoms with Gasteiger partial charge in [0, 0.05) is 6.54 Å². The SMILES string of the molecule is NCC1OC(N2CNc3c(N)ncnc32)C(OCc2ccccc2)C1OCc1ccccc1. The monoisotopic (exact) mass is 448 g/mol. The molecule has 0 saturated carbocycles. The number of anilines is 3. The molecule has 5 rings (SSSR count). The Bertz CT molecular complexity index is 1050. The Balaban J connectivity index is 1.41. The van der Waals surface area contributed by atoms with Gasteiger partial charge in [0.05, 0.1) is 19.9 Å². The second-order valence-corrected chi connectivity index (χ2v) is 8.09. The van der Waals surface area contributed by atoms with Crippen molar-refractivity contribution in [1.82, 2.24) is 9.97 Å². The molecule has 0 spiro atoms. The third kappa shape index (κ3) is 4.49. The maximum absolute atomic E-state index is 6.44. The van der Waals surface area contributed by atoms with Gasteiger partial charge in [-0.2, -0.15) is 0 Å². The molecule has 1 fully saturated rings. The van der Waals surface area contributed by atoms with E-state index in [1.54, 1.807) is 0 Å². The summed E-state index contributed by atoms with van der Waals surface area (Å²) in [5, 5.41) is 3.26. The van der Waals surface area contributed by atoms with Crippen molar-refractivity contribution in [3.63, 3.8) is 0 Å². The van der Waals surface area contributed by atoms with Crippen molar-refractivity contribution in [2.75, 3.05) is 29.2 Å². The van der Waals surface area contributed by atoms with E-state index in [1.807, 2.05) is 65.6 Å². The molecule has 172 valence electrons. The molecule has 5 N–H and O–H groups in total. The lowest BCUT2D eigenvalue weighted by Gasteiger charge is -2.30. The quantitative estimate of drug-likeness (QED) is 0.476. The summed E-state index contributed by atoms with van der Waals surface area (Å²) in [5.41, 5.74) is 15.0. The molecule has 0 aliphatic carbocycles. The van der Waals surface area contributed by atoms with Crippen LogP contribution in [0.25, 0.3) is 0 Å². The molecule has 2 aliphatic rings. The Morgan fingerprint density at radius 3 is 2.21 bits per heavy atom. The number of nitrogens with zero attached hydrogens (tertiary/aromatic N) is 3. The number of fused-ring (bicyclic) bond motifs is 1. The molecule has 4 atom stereocenters. The Hall–Kier alpha value is -3.24. The molecule has 1 saturated heterocycles. The predicted molar refractivity (Wildman–Crippen MR) is 125 cm³/mol. The fourth-order valence-corrected chi connectivity index (χ4v) is 4.29. The van der Waals surface area contributed by atoms with E-state index in [1.165, 1.54) is 6.33 Å². The lowest BCUT2D eigenvalue weighted by atomic mass is 10.1. The predicted octanol–water partition coefficient (Wildman–Crippen LogP) is 2.10. The van der Waals surface area contributed by atoms with Gasteiger partial charge in [0.25, 0.3) is 0 Å². The van der Waals surface area contributed by atoms with Gasteiger partial charge in [0.15, 0.2) is 17.9 Å². The summed E-state index contributed by atoms with van der Waals surface area (Å²) >= 11 is 0. The highest BCUT2D eigenvalue weighted by atomic mass is 16.6. The molecular formula is C24H28N6O3. The molecule has 0 amide bonds. The van der Waals surface area contributed by atoms with Crippen LogP contribution in [0.3, 0.4) is 0 Å².